The number of hydrogen-bond acceptors (Lipinski definition) is 6. The summed E-state index contributed by atoms with van der Waals surface area (Å²) in [5.41, 5.74) is 1.66. The normalized spacial score (nSPS) is 11.1. The van der Waals surface area contributed by atoms with Crippen LogP contribution < -0.4 is 15.2 Å². The third-order valence-electron chi connectivity index (χ3n) is 3.63. The lowest BCUT2D eigenvalue weighted by atomic mass is 10.1. The predicted octanol–water partition coefficient (Wildman–Crippen LogP) is 2.74. The van der Waals surface area contributed by atoms with E-state index in [2.05, 4.69) is 4.98 Å². The minimum atomic E-state index is -0.542. The fourth-order valence-corrected chi connectivity index (χ4v) is 2.42. The third kappa shape index (κ3) is 3.25. The van der Waals surface area contributed by atoms with Gasteiger partial charge < -0.3 is 19.0 Å². The molecule has 7 heteroatoms. The van der Waals surface area contributed by atoms with E-state index >= 15 is 0 Å². The van der Waals surface area contributed by atoms with Crippen molar-refractivity contribution in [1.82, 2.24) is 4.98 Å². The standard InChI is InChI=1S/C18H15NO6/c1-23-11-8-14(21)17(16(9-11)24-2)13(20)6-4-10-3-5-12-15(7-10)25-18(22)19-12/h3-9,21H,1-2H3,(H,19,22)/b6-4+. The summed E-state index contributed by atoms with van der Waals surface area (Å²) < 4.78 is 15.2. The molecule has 0 saturated carbocycles. The lowest BCUT2D eigenvalue weighted by Crippen LogP contribution is -2.00. The largest absolute Gasteiger partial charge is 0.507 e. The lowest BCUT2D eigenvalue weighted by Gasteiger charge is -2.10. The Hall–Kier alpha value is -3.48. The van der Waals surface area contributed by atoms with Gasteiger partial charge in [-0.05, 0) is 23.8 Å². The number of ether oxygens (including phenoxy) is 2. The molecule has 2 N–H and O–H groups in total. The van der Waals surface area contributed by atoms with Gasteiger partial charge in [-0.25, -0.2) is 4.79 Å². The number of carbonyl (C=O) groups is 1. The van der Waals surface area contributed by atoms with E-state index in [4.69, 9.17) is 13.9 Å². The quantitative estimate of drug-likeness (QED) is 0.546. The molecule has 2 aromatic carbocycles. The Labute approximate surface area is 142 Å². The first-order valence-electron chi connectivity index (χ1n) is 7.32. The number of phenols is 1. The third-order valence-corrected chi connectivity index (χ3v) is 3.63. The Kier molecular flexibility index (Phi) is 4.30. The molecule has 0 saturated heterocycles. The van der Waals surface area contributed by atoms with E-state index in [0.29, 0.717) is 22.4 Å². The molecule has 128 valence electrons. The van der Waals surface area contributed by atoms with E-state index in [1.165, 1.54) is 32.4 Å². The number of phenolic OH excluding ortho intramolecular Hbond substituents is 1. The molecule has 0 atom stereocenters. The highest BCUT2D eigenvalue weighted by Gasteiger charge is 2.17. The summed E-state index contributed by atoms with van der Waals surface area (Å²) in [6, 6.07) is 7.88. The molecular weight excluding hydrogens is 326 g/mol. The molecule has 0 aliphatic carbocycles. The number of methoxy groups -OCH3 is 2. The van der Waals surface area contributed by atoms with Crippen molar-refractivity contribution >= 4 is 23.0 Å². The second-order valence-electron chi connectivity index (χ2n) is 5.19. The average Bonchev–Trinajstić information content (AvgIpc) is 2.97. The Morgan fingerprint density at radius 1 is 1.20 bits per heavy atom. The van der Waals surface area contributed by atoms with Crippen LogP contribution in [-0.2, 0) is 0 Å². The van der Waals surface area contributed by atoms with Crippen LogP contribution in [0.3, 0.4) is 0 Å². The molecule has 0 bridgehead atoms. The lowest BCUT2D eigenvalue weighted by molar-refractivity contribution is 0.104. The number of allylic oxidation sites excluding steroid dienone is 1. The van der Waals surface area contributed by atoms with E-state index in [9.17, 15) is 14.7 Å². The van der Waals surface area contributed by atoms with Crippen molar-refractivity contribution in [3.05, 3.63) is 58.1 Å². The zero-order chi connectivity index (χ0) is 18.0. The van der Waals surface area contributed by atoms with Crippen LogP contribution in [0.5, 0.6) is 17.2 Å². The Balaban J connectivity index is 1.92. The fourth-order valence-electron chi connectivity index (χ4n) is 2.42. The molecule has 0 amide bonds. The highest BCUT2D eigenvalue weighted by molar-refractivity contribution is 6.10. The number of fused-ring (bicyclic) bond motifs is 1. The van der Waals surface area contributed by atoms with Gasteiger partial charge in [0, 0.05) is 12.1 Å². The zero-order valence-electron chi connectivity index (χ0n) is 13.5. The smallest absolute Gasteiger partial charge is 0.417 e. The maximum atomic E-state index is 12.4. The van der Waals surface area contributed by atoms with Crippen molar-refractivity contribution in [2.75, 3.05) is 14.2 Å². The Morgan fingerprint density at radius 2 is 2.00 bits per heavy atom. The number of oxazole rings is 1. The molecule has 25 heavy (non-hydrogen) atoms. The molecule has 0 unspecified atom stereocenters. The van der Waals surface area contributed by atoms with Crippen LogP contribution in [0.15, 0.2) is 45.6 Å². The molecule has 0 spiro atoms. The van der Waals surface area contributed by atoms with E-state index < -0.39 is 11.5 Å². The first kappa shape index (κ1) is 16.4. The summed E-state index contributed by atoms with van der Waals surface area (Å²) in [5.74, 6) is -0.632. The average molecular weight is 341 g/mol. The van der Waals surface area contributed by atoms with Crippen LogP contribution in [0, 0.1) is 0 Å². The van der Waals surface area contributed by atoms with Gasteiger partial charge in [0.25, 0.3) is 0 Å². The van der Waals surface area contributed by atoms with Crippen molar-refractivity contribution in [2.45, 2.75) is 0 Å². The number of aromatic amines is 1. The first-order chi connectivity index (χ1) is 12.0. The topological polar surface area (TPSA) is 102 Å². The highest BCUT2D eigenvalue weighted by Crippen LogP contribution is 2.33. The summed E-state index contributed by atoms with van der Waals surface area (Å²) in [4.78, 5) is 26.1. The highest BCUT2D eigenvalue weighted by atomic mass is 16.5. The monoisotopic (exact) mass is 341 g/mol. The van der Waals surface area contributed by atoms with E-state index in [1.54, 1.807) is 24.3 Å². The Bertz CT molecular complexity index is 1030. The minimum absolute atomic E-state index is 0.0359. The second kappa shape index (κ2) is 6.56. The molecular formula is C18H15NO6. The van der Waals surface area contributed by atoms with Crippen LogP contribution in [0.2, 0.25) is 0 Å². The van der Waals surface area contributed by atoms with Crippen LogP contribution in [0.1, 0.15) is 15.9 Å². The number of H-pyrrole nitrogens is 1. The van der Waals surface area contributed by atoms with Crippen LogP contribution in [0.25, 0.3) is 17.2 Å². The summed E-state index contributed by atoms with van der Waals surface area (Å²) in [6.45, 7) is 0. The number of benzene rings is 2. The van der Waals surface area contributed by atoms with E-state index in [-0.39, 0.29) is 17.1 Å². The molecule has 3 aromatic rings. The van der Waals surface area contributed by atoms with Gasteiger partial charge in [-0.1, -0.05) is 12.1 Å². The molecule has 0 radical (unpaired) electrons. The second-order valence-corrected chi connectivity index (χ2v) is 5.19. The van der Waals surface area contributed by atoms with Gasteiger partial charge in [-0.3, -0.25) is 9.78 Å². The fraction of sp³-hybridized carbons (Fsp3) is 0.111. The van der Waals surface area contributed by atoms with Crippen molar-refractivity contribution in [3.63, 3.8) is 0 Å². The van der Waals surface area contributed by atoms with Crippen LogP contribution >= 0.6 is 0 Å². The van der Waals surface area contributed by atoms with E-state index in [0.717, 1.165) is 0 Å². The summed E-state index contributed by atoms with van der Waals surface area (Å²) >= 11 is 0. The Morgan fingerprint density at radius 3 is 2.72 bits per heavy atom. The summed E-state index contributed by atoms with van der Waals surface area (Å²) in [5, 5.41) is 10.1. The SMILES string of the molecule is COc1cc(O)c(C(=O)/C=C/c2ccc3[nH]c(=O)oc3c2)c(OC)c1. The molecule has 1 aromatic heterocycles. The number of ketones is 1. The number of hydrogen-bond donors (Lipinski definition) is 2. The molecule has 3 rings (SSSR count). The van der Waals surface area contributed by atoms with Crippen LogP contribution in [-0.4, -0.2) is 30.1 Å². The van der Waals surface area contributed by atoms with Gasteiger partial charge in [0.1, 0.15) is 22.8 Å². The first-order valence-corrected chi connectivity index (χ1v) is 7.32. The van der Waals surface area contributed by atoms with Crippen molar-refractivity contribution in [1.29, 1.82) is 0 Å². The van der Waals surface area contributed by atoms with Crippen molar-refractivity contribution in [2.24, 2.45) is 0 Å². The van der Waals surface area contributed by atoms with Gasteiger partial charge in [-0.2, -0.15) is 0 Å². The molecule has 1 heterocycles. The van der Waals surface area contributed by atoms with Gasteiger partial charge in [0.2, 0.25) is 0 Å². The van der Waals surface area contributed by atoms with Crippen LogP contribution in [0.4, 0.5) is 0 Å². The van der Waals surface area contributed by atoms with E-state index in [1.807, 2.05) is 0 Å². The minimum Gasteiger partial charge on any atom is -0.507 e. The van der Waals surface area contributed by atoms with Crippen molar-refractivity contribution < 1.29 is 23.8 Å². The van der Waals surface area contributed by atoms with Crippen molar-refractivity contribution in [3.8, 4) is 17.2 Å². The van der Waals surface area contributed by atoms with Gasteiger partial charge in [0.05, 0.1) is 19.7 Å². The number of aromatic hydroxyl groups is 1. The molecule has 7 nitrogen and oxygen atoms in total. The maximum Gasteiger partial charge on any atom is 0.417 e. The molecule has 0 aliphatic heterocycles. The molecule has 0 fully saturated rings. The van der Waals surface area contributed by atoms with Gasteiger partial charge in [-0.15, -0.1) is 0 Å². The number of rotatable bonds is 5. The zero-order valence-corrected chi connectivity index (χ0v) is 13.5. The number of aromatic nitrogens is 1. The summed E-state index contributed by atoms with van der Waals surface area (Å²) in [7, 11) is 2.85. The van der Waals surface area contributed by atoms with Gasteiger partial charge in [0.15, 0.2) is 11.4 Å². The predicted molar refractivity (Wildman–Crippen MR) is 91.4 cm³/mol. The summed E-state index contributed by atoms with van der Waals surface area (Å²) in [6.07, 6.45) is 2.86. The maximum absolute atomic E-state index is 12.4. The number of carbonyl (C=O) groups excluding carboxylic acids is 1. The molecule has 0 aliphatic rings. The van der Waals surface area contributed by atoms with Gasteiger partial charge >= 0.3 is 5.76 Å². The number of nitrogens with one attached hydrogen (secondary N) is 1.